The van der Waals surface area contributed by atoms with E-state index in [0.717, 1.165) is 4.90 Å². The maximum atomic E-state index is 13.5. The molecule has 0 radical (unpaired) electrons. The maximum Gasteiger partial charge on any atom is 0.325 e. The van der Waals surface area contributed by atoms with E-state index in [-0.39, 0.29) is 11.5 Å². The molecule has 2 heterocycles. The number of halogens is 1. The number of imidazole rings is 1. The van der Waals surface area contributed by atoms with Crippen molar-refractivity contribution in [2.45, 2.75) is 9.79 Å². The monoisotopic (exact) mass is 261 g/mol. The zero-order valence-corrected chi connectivity index (χ0v) is 9.92. The van der Waals surface area contributed by atoms with Gasteiger partial charge in [-0.2, -0.15) is 0 Å². The molecule has 0 amide bonds. The number of hydrogen-bond acceptors (Lipinski definition) is 3. The second-order valence-corrected chi connectivity index (χ2v) is 4.79. The smallest absolute Gasteiger partial charge is 0.304 e. The Hall–Kier alpha value is -2.08. The zero-order chi connectivity index (χ0) is 12.5. The van der Waals surface area contributed by atoms with Gasteiger partial charge in [-0.05, 0) is 18.2 Å². The summed E-state index contributed by atoms with van der Waals surface area (Å²) in [5, 5.41) is 0. The van der Waals surface area contributed by atoms with Crippen LogP contribution in [0.15, 0.2) is 51.1 Å². The fourth-order valence-corrected chi connectivity index (χ4v) is 2.46. The van der Waals surface area contributed by atoms with Crippen molar-refractivity contribution >= 4 is 22.9 Å². The lowest BCUT2D eigenvalue weighted by atomic mass is 10.3. The third kappa shape index (κ3) is 2.02. The number of nitrogens with zero attached hydrogens (tertiary/aromatic N) is 1. The van der Waals surface area contributed by atoms with Crippen molar-refractivity contribution in [1.82, 2.24) is 15.0 Å². The normalized spacial score (nSPS) is 10.9. The fraction of sp³-hybridized carbons (Fsp3) is 0. The van der Waals surface area contributed by atoms with Gasteiger partial charge in [0.1, 0.15) is 5.82 Å². The standard InChI is InChI=1S/C12H8FN3OS/c13-8-3-1-2-4-10(8)18-7-5-9-11(14-6-7)16-12(17)15-9/h1-6H,(H2,14,15,16,17). The van der Waals surface area contributed by atoms with Crippen molar-refractivity contribution in [2.75, 3.05) is 0 Å². The Morgan fingerprint density at radius 3 is 2.89 bits per heavy atom. The van der Waals surface area contributed by atoms with Crippen LogP contribution in [0.1, 0.15) is 0 Å². The Bertz CT molecular complexity index is 765. The van der Waals surface area contributed by atoms with Crippen molar-refractivity contribution < 1.29 is 4.39 Å². The molecule has 0 aliphatic heterocycles. The molecule has 90 valence electrons. The van der Waals surface area contributed by atoms with Crippen LogP contribution in [0.4, 0.5) is 4.39 Å². The highest BCUT2D eigenvalue weighted by atomic mass is 32.2. The first-order valence-electron chi connectivity index (χ1n) is 5.23. The van der Waals surface area contributed by atoms with Gasteiger partial charge in [0.15, 0.2) is 5.65 Å². The average molecular weight is 261 g/mol. The molecule has 3 rings (SSSR count). The molecule has 0 unspecified atom stereocenters. The number of fused-ring (bicyclic) bond motifs is 1. The van der Waals surface area contributed by atoms with E-state index in [4.69, 9.17) is 0 Å². The molecule has 0 saturated carbocycles. The summed E-state index contributed by atoms with van der Waals surface area (Å²) < 4.78 is 13.5. The molecule has 0 aliphatic rings. The molecule has 1 aromatic carbocycles. The number of benzene rings is 1. The van der Waals surface area contributed by atoms with E-state index in [1.165, 1.54) is 17.8 Å². The number of hydrogen-bond donors (Lipinski definition) is 2. The lowest BCUT2D eigenvalue weighted by Crippen LogP contribution is -1.99. The summed E-state index contributed by atoms with van der Waals surface area (Å²) in [5.74, 6) is -0.273. The summed E-state index contributed by atoms with van der Waals surface area (Å²) in [7, 11) is 0. The predicted octanol–water partition coefficient (Wildman–Crippen LogP) is 2.54. The molecule has 0 bridgehead atoms. The number of rotatable bonds is 2. The number of H-pyrrole nitrogens is 2. The van der Waals surface area contributed by atoms with Crippen molar-refractivity contribution in [3.8, 4) is 0 Å². The van der Waals surface area contributed by atoms with E-state index in [1.807, 2.05) is 0 Å². The minimum atomic E-state index is -0.300. The predicted molar refractivity (Wildman–Crippen MR) is 67.2 cm³/mol. The van der Waals surface area contributed by atoms with Gasteiger partial charge in [0.25, 0.3) is 0 Å². The molecular weight excluding hydrogens is 253 g/mol. The average Bonchev–Trinajstić information content (AvgIpc) is 2.71. The lowest BCUT2D eigenvalue weighted by molar-refractivity contribution is 0.602. The van der Waals surface area contributed by atoms with Gasteiger partial charge < -0.3 is 4.98 Å². The summed E-state index contributed by atoms with van der Waals surface area (Å²) in [4.78, 5) is 21.7. The summed E-state index contributed by atoms with van der Waals surface area (Å²) in [5.41, 5.74) is 0.810. The molecule has 2 aromatic heterocycles. The van der Waals surface area contributed by atoms with E-state index < -0.39 is 0 Å². The zero-order valence-electron chi connectivity index (χ0n) is 9.11. The van der Waals surface area contributed by atoms with Crippen LogP contribution in [0.2, 0.25) is 0 Å². The second kappa shape index (κ2) is 4.30. The maximum absolute atomic E-state index is 13.5. The first-order valence-corrected chi connectivity index (χ1v) is 6.04. The third-order valence-electron chi connectivity index (χ3n) is 2.41. The van der Waals surface area contributed by atoms with Crippen LogP contribution in [0.5, 0.6) is 0 Å². The minimum Gasteiger partial charge on any atom is -0.304 e. The molecule has 0 atom stereocenters. The van der Waals surface area contributed by atoms with Crippen LogP contribution in [0, 0.1) is 5.82 Å². The van der Waals surface area contributed by atoms with Gasteiger partial charge in [-0.25, -0.2) is 14.2 Å². The summed E-state index contributed by atoms with van der Waals surface area (Å²) in [6, 6.07) is 8.29. The van der Waals surface area contributed by atoms with Crippen LogP contribution in [0.25, 0.3) is 11.2 Å². The van der Waals surface area contributed by atoms with Crippen LogP contribution in [-0.4, -0.2) is 15.0 Å². The quantitative estimate of drug-likeness (QED) is 0.745. The molecular formula is C12H8FN3OS. The summed E-state index contributed by atoms with van der Waals surface area (Å²) >= 11 is 1.26. The van der Waals surface area contributed by atoms with Gasteiger partial charge in [-0.1, -0.05) is 23.9 Å². The van der Waals surface area contributed by atoms with E-state index in [2.05, 4.69) is 15.0 Å². The highest BCUT2D eigenvalue weighted by molar-refractivity contribution is 7.99. The Labute approximate surface area is 105 Å². The molecule has 4 nitrogen and oxygen atoms in total. The summed E-state index contributed by atoms with van der Waals surface area (Å²) in [6.07, 6.45) is 1.60. The van der Waals surface area contributed by atoms with Gasteiger partial charge in [0.05, 0.1) is 5.52 Å². The SMILES string of the molecule is O=c1[nH]c2cc(Sc3ccccc3F)cnc2[nH]1. The van der Waals surface area contributed by atoms with E-state index >= 15 is 0 Å². The van der Waals surface area contributed by atoms with Gasteiger partial charge in [-0.3, -0.25) is 4.98 Å². The first-order chi connectivity index (χ1) is 8.72. The van der Waals surface area contributed by atoms with Crippen molar-refractivity contribution in [3.63, 3.8) is 0 Å². The second-order valence-electron chi connectivity index (χ2n) is 3.68. The molecule has 0 aliphatic carbocycles. The van der Waals surface area contributed by atoms with Gasteiger partial charge in [0.2, 0.25) is 0 Å². The Morgan fingerprint density at radius 1 is 1.22 bits per heavy atom. The third-order valence-corrected chi connectivity index (χ3v) is 3.42. The topological polar surface area (TPSA) is 61.5 Å². The molecule has 2 N–H and O–H groups in total. The molecule has 3 aromatic rings. The van der Waals surface area contributed by atoms with Crippen LogP contribution >= 0.6 is 11.8 Å². The summed E-state index contributed by atoms with van der Waals surface area (Å²) in [6.45, 7) is 0. The first kappa shape index (κ1) is 11.0. The number of pyridine rings is 1. The molecule has 0 saturated heterocycles. The van der Waals surface area contributed by atoms with Crippen molar-refractivity contribution in [3.05, 3.63) is 52.8 Å². The Kier molecular flexibility index (Phi) is 2.64. The van der Waals surface area contributed by atoms with E-state index in [9.17, 15) is 9.18 Å². The van der Waals surface area contributed by atoms with Gasteiger partial charge >= 0.3 is 5.69 Å². The van der Waals surface area contributed by atoms with Gasteiger partial charge in [0, 0.05) is 16.0 Å². The van der Waals surface area contributed by atoms with Crippen LogP contribution in [-0.2, 0) is 0 Å². The molecule has 0 fully saturated rings. The minimum absolute atomic E-state index is 0.273. The highest BCUT2D eigenvalue weighted by Crippen LogP contribution is 2.29. The fourth-order valence-electron chi connectivity index (χ4n) is 1.61. The largest absolute Gasteiger partial charge is 0.325 e. The van der Waals surface area contributed by atoms with E-state index in [1.54, 1.807) is 30.5 Å². The number of aromatic nitrogens is 3. The lowest BCUT2D eigenvalue weighted by Gasteiger charge is -2.02. The van der Waals surface area contributed by atoms with Crippen molar-refractivity contribution in [1.29, 1.82) is 0 Å². The Morgan fingerprint density at radius 2 is 2.06 bits per heavy atom. The Balaban J connectivity index is 2.00. The molecule has 18 heavy (non-hydrogen) atoms. The van der Waals surface area contributed by atoms with E-state index in [0.29, 0.717) is 16.1 Å². The van der Waals surface area contributed by atoms with Crippen LogP contribution in [0.3, 0.4) is 0 Å². The van der Waals surface area contributed by atoms with Crippen molar-refractivity contribution in [2.24, 2.45) is 0 Å². The van der Waals surface area contributed by atoms with Crippen LogP contribution < -0.4 is 5.69 Å². The molecule has 6 heteroatoms. The molecule has 0 spiro atoms. The number of nitrogens with one attached hydrogen (secondary N) is 2. The highest BCUT2D eigenvalue weighted by Gasteiger charge is 2.06. The number of aromatic amines is 2. The van der Waals surface area contributed by atoms with Gasteiger partial charge in [-0.15, -0.1) is 0 Å².